The molecule has 172 valence electrons. The van der Waals surface area contributed by atoms with E-state index in [4.69, 9.17) is 16.6 Å². The lowest BCUT2D eigenvalue weighted by atomic mass is 9.79. The number of hydrogen-bond donors (Lipinski definition) is 5. The number of Topliss-reactive ketones (excluding diaryl/α,β-unsaturated/α-hetero) is 1. The number of hydrogen-bond acceptors (Lipinski definition) is 6. The van der Waals surface area contributed by atoms with Crippen LogP contribution in [0, 0.1) is 17.8 Å². The van der Waals surface area contributed by atoms with E-state index in [1.165, 1.54) is 6.42 Å². The first kappa shape index (κ1) is 29.7. The molecule has 0 aromatic carbocycles. The fourth-order valence-corrected chi connectivity index (χ4v) is 3.24. The molecular weight excluding hydrogens is 372 g/mol. The fourth-order valence-electron chi connectivity index (χ4n) is 3.24. The molecule has 2 atom stereocenters. The zero-order valence-corrected chi connectivity index (χ0v) is 19.0. The molecule has 7 N–H and O–H groups in total. The van der Waals surface area contributed by atoms with Crippen molar-refractivity contribution in [3.63, 3.8) is 0 Å². The minimum absolute atomic E-state index is 0.0458. The highest BCUT2D eigenvalue weighted by atomic mass is 16.2. The molecule has 0 heterocycles. The van der Waals surface area contributed by atoms with Crippen LogP contribution in [0.3, 0.4) is 0 Å². The van der Waals surface area contributed by atoms with E-state index in [2.05, 4.69) is 10.6 Å². The summed E-state index contributed by atoms with van der Waals surface area (Å²) in [6, 6.07) is -0.710. The molecule has 1 aliphatic carbocycles. The number of ketones is 1. The Kier molecular flexibility index (Phi) is 19.0. The molecule has 2 unspecified atom stereocenters. The van der Waals surface area contributed by atoms with Crippen molar-refractivity contribution in [3.05, 3.63) is 0 Å². The molecule has 29 heavy (non-hydrogen) atoms. The number of aliphatic hydroxyl groups excluding tert-OH is 1. The van der Waals surface area contributed by atoms with Gasteiger partial charge in [-0.05, 0) is 25.7 Å². The highest BCUT2D eigenvalue weighted by Gasteiger charge is 2.29. The van der Waals surface area contributed by atoms with Crippen molar-refractivity contribution in [3.8, 4) is 0 Å². The summed E-state index contributed by atoms with van der Waals surface area (Å²) in [6.45, 7) is 9.62. The molecule has 8 nitrogen and oxygen atoms in total. The van der Waals surface area contributed by atoms with Crippen molar-refractivity contribution >= 4 is 17.6 Å². The van der Waals surface area contributed by atoms with Gasteiger partial charge in [-0.15, -0.1) is 0 Å². The summed E-state index contributed by atoms with van der Waals surface area (Å²) in [7, 11) is 0. The van der Waals surface area contributed by atoms with Crippen molar-refractivity contribution in [2.45, 2.75) is 72.8 Å². The van der Waals surface area contributed by atoms with Gasteiger partial charge in [-0.25, -0.2) is 0 Å². The van der Waals surface area contributed by atoms with E-state index in [9.17, 15) is 14.4 Å². The molecule has 1 aliphatic rings. The number of amides is 2. The number of aliphatic hydroxyl groups is 1. The largest absolute Gasteiger partial charge is 0.397 e. The van der Waals surface area contributed by atoms with Gasteiger partial charge < -0.3 is 27.2 Å². The highest BCUT2D eigenvalue weighted by molar-refractivity contribution is 5.92. The molecule has 1 rings (SSSR count). The zero-order valence-electron chi connectivity index (χ0n) is 19.0. The molecule has 0 aliphatic heterocycles. The second-order valence-electron chi connectivity index (χ2n) is 7.19. The molecule has 0 aromatic heterocycles. The molecule has 0 saturated heterocycles. The average Bonchev–Trinajstić information content (AvgIpc) is 2.73. The quantitative estimate of drug-likeness (QED) is 0.378. The third-order valence-corrected chi connectivity index (χ3v) is 4.72. The van der Waals surface area contributed by atoms with E-state index in [1.54, 1.807) is 20.8 Å². The Morgan fingerprint density at radius 2 is 1.55 bits per heavy atom. The van der Waals surface area contributed by atoms with Crippen LogP contribution < -0.4 is 22.1 Å². The normalized spacial score (nSPS) is 15.8. The van der Waals surface area contributed by atoms with Gasteiger partial charge in [0.2, 0.25) is 11.8 Å². The first-order chi connectivity index (χ1) is 13.8. The summed E-state index contributed by atoms with van der Waals surface area (Å²) >= 11 is 0. The summed E-state index contributed by atoms with van der Waals surface area (Å²) in [4.78, 5) is 36.2. The van der Waals surface area contributed by atoms with Gasteiger partial charge in [-0.3, -0.25) is 14.4 Å². The van der Waals surface area contributed by atoms with Gasteiger partial charge in [-0.2, -0.15) is 0 Å². The summed E-state index contributed by atoms with van der Waals surface area (Å²) in [5.41, 5.74) is 11.3. The maximum atomic E-state index is 12.3. The molecule has 8 heteroatoms. The van der Waals surface area contributed by atoms with Crippen LogP contribution >= 0.6 is 0 Å². The molecule has 0 spiro atoms. The SMILES string of the molecule is CC.CC(C)C(=O)C(CN)NC(=O)CNC(=O)C(CN)C1CCCCC1.CCO. The van der Waals surface area contributed by atoms with E-state index in [-0.39, 0.29) is 49.8 Å². The second kappa shape index (κ2) is 18.5. The van der Waals surface area contributed by atoms with Gasteiger partial charge in [-0.1, -0.05) is 47.0 Å². The third kappa shape index (κ3) is 12.6. The Bertz CT molecular complexity index is 452. The van der Waals surface area contributed by atoms with Crippen molar-refractivity contribution < 1.29 is 19.5 Å². The van der Waals surface area contributed by atoms with Gasteiger partial charge in [0.05, 0.1) is 18.5 Å². The van der Waals surface area contributed by atoms with Crippen LogP contribution in [0.2, 0.25) is 0 Å². The highest BCUT2D eigenvalue weighted by Crippen LogP contribution is 2.29. The number of carbonyl (C=O) groups is 3. The summed E-state index contributed by atoms with van der Waals surface area (Å²) < 4.78 is 0. The Hall–Kier alpha value is -1.51. The van der Waals surface area contributed by atoms with Gasteiger partial charge in [0.15, 0.2) is 5.78 Å². The predicted molar refractivity (Wildman–Crippen MR) is 117 cm³/mol. The molecule has 0 aromatic rings. The second-order valence-corrected chi connectivity index (χ2v) is 7.19. The van der Waals surface area contributed by atoms with Crippen molar-refractivity contribution in [1.29, 1.82) is 0 Å². The van der Waals surface area contributed by atoms with Crippen molar-refractivity contribution in [1.82, 2.24) is 10.6 Å². The molecule has 2 amide bonds. The van der Waals surface area contributed by atoms with E-state index in [0.717, 1.165) is 25.7 Å². The third-order valence-electron chi connectivity index (χ3n) is 4.72. The van der Waals surface area contributed by atoms with E-state index >= 15 is 0 Å². The topological polar surface area (TPSA) is 148 Å². The first-order valence-corrected chi connectivity index (χ1v) is 10.9. The summed E-state index contributed by atoms with van der Waals surface area (Å²) in [5, 5.41) is 12.8. The van der Waals surface area contributed by atoms with Crippen LogP contribution in [-0.4, -0.2) is 55.0 Å². The number of rotatable bonds is 9. The number of carbonyl (C=O) groups excluding carboxylic acids is 3. The zero-order chi connectivity index (χ0) is 22.8. The van der Waals surface area contributed by atoms with Crippen LogP contribution in [-0.2, 0) is 14.4 Å². The molecule has 1 fully saturated rings. The lowest BCUT2D eigenvalue weighted by Gasteiger charge is -2.28. The average molecular weight is 417 g/mol. The van der Waals surface area contributed by atoms with Crippen LogP contribution in [0.4, 0.5) is 0 Å². The van der Waals surface area contributed by atoms with Gasteiger partial charge in [0.25, 0.3) is 0 Å². The van der Waals surface area contributed by atoms with Crippen molar-refractivity contribution in [2.24, 2.45) is 29.2 Å². The summed E-state index contributed by atoms with van der Waals surface area (Å²) in [6.07, 6.45) is 5.50. The number of nitrogens with one attached hydrogen (secondary N) is 2. The van der Waals surface area contributed by atoms with Gasteiger partial charge in [0.1, 0.15) is 0 Å². The van der Waals surface area contributed by atoms with Crippen LogP contribution in [0.15, 0.2) is 0 Å². The monoisotopic (exact) mass is 416 g/mol. The number of nitrogens with two attached hydrogens (primary N) is 2. The molecule has 1 saturated carbocycles. The Labute approximate surface area is 176 Å². The van der Waals surface area contributed by atoms with Crippen LogP contribution in [0.5, 0.6) is 0 Å². The first-order valence-electron chi connectivity index (χ1n) is 10.9. The fraction of sp³-hybridized carbons (Fsp3) is 0.857. The molecule has 0 bridgehead atoms. The van der Waals surface area contributed by atoms with E-state index < -0.39 is 11.9 Å². The van der Waals surface area contributed by atoms with E-state index in [0.29, 0.717) is 5.92 Å². The Morgan fingerprint density at radius 1 is 1.03 bits per heavy atom. The smallest absolute Gasteiger partial charge is 0.240 e. The Balaban J connectivity index is 0. The van der Waals surface area contributed by atoms with Crippen LogP contribution in [0.25, 0.3) is 0 Å². The Morgan fingerprint density at radius 3 is 1.97 bits per heavy atom. The minimum Gasteiger partial charge on any atom is -0.397 e. The lowest BCUT2D eigenvalue weighted by molar-refractivity contribution is -0.131. The van der Waals surface area contributed by atoms with Gasteiger partial charge >= 0.3 is 0 Å². The van der Waals surface area contributed by atoms with E-state index in [1.807, 2.05) is 13.8 Å². The predicted octanol–water partition coefficient (Wildman–Crippen LogP) is 0.951. The maximum Gasteiger partial charge on any atom is 0.240 e. The molecular formula is C21H44N4O4. The van der Waals surface area contributed by atoms with Crippen molar-refractivity contribution in [2.75, 3.05) is 26.2 Å². The van der Waals surface area contributed by atoms with Crippen LogP contribution in [0.1, 0.15) is 66.7 Å². The minimum atomic E-state index is -0.710. The van der Waals surface area contributed by atoms with Gasteiger partial charge in [0, 0.05) is 25.6 Å². The maximum absolute atomic E-state index is 12.3. The standard InChI is InChI=1S/C17H32N4O3.C2H6O.C2H6/c1-11(2)16(23)14(9-19)21-15(22)10-20-17(24)13(8-18)12-6-4-3-5-7-12;1-2-3;1-2/h11-14H,3-10,18-19H2,1-2H3,(H,20,24)(H,21,22);3H,2H2,1H3;1-2H3. The molecule has 0 radical (unpaired) electrons. The summed E-state index contributed by atoms with van der Waals surface area (Å²) in [5.74, 6) is -0.862. The lowest BCUT2D eigenvalue weighted by Crippen LogP contribution is -2.51.